The maximum absolute atomic E-state index is 12.1. The maximum atomic E-state index is 12.1. The molecule has 1 saturated carbocycles. The first kappa shape index (κ1) is 12.4. The molecule has 0 spiro atoms. The van der Waals surface area contributed by atoms with Crippen molar-refractivity contribution in [3.63, 3.8) is 0 Å². The molecule has 0 aromatic heterocycles. The van der Waals surface area contributed by atoms with Crippen molar-refractivity contribution < 1.29 is 9.59 Å². The van der Waals surface area contributed by atoms with Crippen LogP contribution in [0.3, 0.4) is 0 Å². The molecule has 2 rings (SSSR count). The van der Waals surface area contributed by atoms with Gasteiger partial charge in [-0.3, -0.25) is 9.59 Å². The van der Waals surface area contributed by atoms with Crippen molar-refractivity contribution in [1.82, 2.24) is 9.80 Å². The summed E-state index contributed by atoms with van der Waals surface area (Å²) in [5.41, 5.74) is 0. The SMILES string of the molecule is CN(C(=O)C(=O)N1CCCC1)C1CCCCC1. The minimum Gasteiger partial charge on any atom is -0.335 e. The molecule has 2 fully saturated rings. The lowest BCUT2D eigenvalue weighted by atomic mass is 9.94. The summed E-state index contributed by atoms with van der Waals surface area (Å²) in [6.45, 7) is 1.51. The van der Waals surface area contributed by atoms with E-state index in [9.17, 15) is 9.59 Å². The van der Waals surface area contributed by atoms with Crippen LogP contribution in [0, 0.1) is 0 Å². The van der Waals surface area contributed by atoms with Gasteiger partial charge >= 0.3 is 11.8 Å². The summed E-state index contributed by atoms with van der Waals surface area (Å²) in [7, 11) is 1.78. The second-order valence-corrected chi connectivity index (χ2v) is 5.21. The fraction of sp³-hybridized carbons (Fsp3) is 0.846. The average molecular weight is 238 g/mol. The number of hydrogen-bond donors (Lipinski definition) is 0. The highest BCUT2D eigenvalue weighted by Crippen LogP contribution is 2.22. The molecular formula is C13H22N2O2. The Morgan fingerprint density at radius 2 is 1.59 bits per heavy atom. The van der Waals surface area contributed by atoms with Gasteiger partial charge in [0.2, 0.25) is 0 Å². The molecule has 1 aliphatic carbocycles. The van der Waals surface area contributed by atoms with Crippen LogP contribution in [-0.4, -0.2) is 47.8 Å². The van der Waals surface area contributed by atoms with E-state index in [1.54, 1.807) is 16.8 Å². The van der Waals surface area contributed by atoms with E-state index in [1.807, 2.05) is 0 Å². The highest BCUT2D eigenvalue weighted by Gasteiger charge is 2.30. The third-order valence-electron chi connectivity index (χ3n) is 4.02. The smallest absolute Gasteiger partial charge is 0.312 e. The van der Waals surface area contributed by atoms with Gasteiger partial charge in [-0.2, -0.15) is 0 Å². The first-order valence-electron chi connectivity index (χ1n) is 6.76. The molecule has 4 nitrogen and oxygen atoms in total. The number of likely N-dealkylation sites (tertiary alicyclic amines) is 1. The Balaban J connectivity index is 1.91. The molecule has 1 aliphatic heterocycles. The van der Waals surface area contributed by atoms with Gasteiger partial charge in [-0.15, -0.1) is 0 Å². The van der Waals surface area contributed by atoms with Crippen LogP contribution in [0.2, 0.25) is 0 Å². The summed E-state index contributed by atoms with van der Waals surface area (Å²) in [5, 5.41) is 0. The van der Waals surface area contributed by atoms with Gasteiger partial charge in [-0.05, 0) is 25.7 Å². The third-order valence-corrected chi connectivity index (χ3v) is 4.02. The number of nitrogens with zero attached hydrogens (tertiary/aromatic N) is 2. The summed E-state index contributed by atoms with van der Waals surface area (Å²) in [6, 6.07) is 0.280. The molecular weight excluding hydrogens is 216 g/mol. The average Bonchev–Trinajstić information content (AvgIpc) is 2.91. The second kappa shape index (κ2) is 5.52. The molecule has 17 heavy (non-hydrogen) atoms. The van der Waals surface area contributed by atoms with E-state index in [0.29, 0.717) is 0 Å². The van der Waals surface area contributed by atoms with Gasteiger partial charge in [0, 0.05) is 26.2 Å². The molecule has 1 saturated heterocycles. The van der Waals surface area contributed by atoms with Gasteiger partial charge in [0.05, 0.1) is 0 Å². The van der Waals surface area contributed by atoms with Crippen molar-refractivity contribution in [3.8, 4) is 0 Å². The van der Waals surface area contributed by atoms with Gasteiger partial charge in [0.1, 0.15) is 0 Å². The number of hydrogen-bond acceptors (Lipinski definition) is 2. The number of amides is 2. The molecule has 0 N–H and O–H groups in total. The molecule has 2 amide bonds. The van der Waals surface area contributed by atoms with Crippen molar-refractivity contribution in [1.29, 1.82) is 0 Å². The van der Waals surface area contributed by atoms with Crippen molar-refractivity contribution in [2.24, 2.45) is 0 Å². The van der Waals surface area contributed by atoms with Crippen LogP contribution in [0.15, 0.2) is 0 Å². The molecule has 0 unspecified atom stereocenters. The predicted molar refractivity (Wildman–Crippen MR) is 65.5 cm³/mol. The van der Waals surface area contributed by atoms with Gasteiger partial charge < -0.3 is 9.80 Å². The van der Waals surface area contributed by atoms with Crippen LogP contribution < -0.4 is 0 Å². The molecule has 0 bridgehead atoms. The Bertz CT molecular complexity index is 292. The lowest BCUT2D eigenvalue weighted by Crippen LogP contribution is -2.47. The Labute approximate surface area is 103 Å². The lowest BCUT2D eigenvalue weighted by molar-refractivity contribution is -0.152. The summed E-state index contributed by atoms with van der Waals surface area (Å²) >= 11 is 0. The third kappa shape index (κ3) is 2.79. The van der Waals surface area contributed by atoms with Crippen molar-refractivity contribution in [2.75, 3.05) is 20.1 Å². The normalized spacial score (nSPS) is 21.6. The largest absolute Gasteiger partial charge is 0.335 e. The summed E-state index contributed by atoms with van der Waals surface area (Å²) < 4.78 is 0. The van der Waals surface area contributed by atoms with Crippen LogP contribution in [0.25, 0.3) is 0 Å². The molecule has 0 aromatic carbocycles. The molecule has 0 radical (unpaired) electrons. The van der Waals surface area contributed by atoms with E-state index >= 15 is 0 Å². The zero-order valence-electron chi connectivity index (χ0n) is 10.7. The van der Waals surface area contributed by atoms with Gasteiger partial charge in [-0.25, -0.2) is 0 Å². The van der Waals surface area contributed by atoms with E-state index in [4.69, 9.17) is 0 Å². The first-order chi connectivity index (χ1) is 8.20. The molecule has 1 heterocycles. The first-order valence-corrected chi connectivity index (χ1v) is 6.76. The summed E-state index contributed by atoms with van der Waals surface area (Å²) in [5.74, 6) is -0.602. The van der Waals surface area contributed by atoms with E-state index in [-0.39, 0.29) is 17.9 Å². The van der Waals surface area contributed by atoms with Crippen LogP contribution >= 0.6 is 0 Å². The Morgan fingerprint density at radius 3 is 2.18 bits per heavy atom. The maximum Gasteiger partial charge on any atom is 0.312 e. The van der Waals surface area contributed by atoms with Crippen molar-refractivity contribution in [2.45, 2.75) is 51.0 Å². The van der Waals surface area contributed by atoms with Gasteiger partial charge in [0.25, 0.3) is 0 Å². The molecule has 0 atom stereocenters. The fourth-order valence-electron chi connectivity index (χ4n) is 2.84. The predicted octanol–water partition coefficient (Wildman–Crippen LogP) is 1.40. The van der Waals surface area contributed by atoms with Crippen LogP contribution in [0.5, 0.6) is 0 Å². The number of rotatable bonds is 1. The topological polar surface area (TPSA) is 40.6 Å². The van der Waals surface area contributed by atoms with Crippen LogP contribution in [0.1, 0.15) is 44.9 Å². The van der Waals surface area contributed by atoms with Crippen LogP contribution in [0.4, 0.5) is 0 Å². The van der Waals surface area contributed by atoms with E-state index in [0.717, 1.165) is 38.8 Å². The molecule has 2 aliphatic rings. The lowest BCUT2D eigenvalue weighted by Gasteiger charge is -2.31. The number of likely N-dealkylation sites (N-methyl/N-ethyl adjacent to an activating group) is 1. The summed E-state index contributed by atoms with van der Waals surface area (Å²) in [4.78, 5) is 27.4. The standard InChI is InChI=1S/C13H22N2O2/c1-14(11-7-3-2-4-8-11)12(16)13(17)15-9-5-6-10-15/h11H,2-10H2,1H3. The quantitative estimate of drug-likeness (QED) is 0.648. The number of carbonyl (C=O) groups excluding carboxylic acids is 2. The van der Waals surface area contributed by atoms with Crippen molar-refractivity contribution in [3.05, 3.63) is 0 Å². The van der Waals surface area contributed by atoms with Gasteiger partial charge in [0.15, 0.2) is 0 Å². The zero-order chi connectivity index (χ0) is 12.3. The van der Waals surface area contributed by atoms with Crippen molar-refractivity contribution >= 4 is 11.8 Å². The Hall–Kier alpha value is -1.06. The zero-order valence-corrected chi connectivity index (χ0v) is 10.7. The van der Waals surface area contributed by atoms with E-state index in [1.165, 1.54) is 19.3 Å². The van der Waals surface area contributed by atoms with E-state index < -0.39 is 0 Å². The minimum atomic E-state index is -0.307. The highest BCUT2D eigenvalue weighted by atomic mass is 16.2. The molecule has 4 heteroatoms. The minimum absolute atomic E-state index is 0.280. The second-order valence-electron chi connectivity index (χ2n) is 5.21. The van der Waals surface area contributed by atoms with Gasteiger partial charge in [-0.1, -0.05) is 19.3 Å². The monoisotopic (exact) mass is 238 g/mol. The van der Waals surface area contributed by atoms with E-state index in [2.05, 4.69) is 0 Å². The number of carbonyl (C=O) groups is 2. The van der Waals surface area contributed by atoms with Crippen LogP contribution in [-0.2, 0) is 9.59 Å². The fourth-order valence-corrected chi connectivity index (χ4v) is 2.84. The Kier molecular flexibility index (Phi) is 4.02. The summed E-state index contributed by atoms with van der Waals surface area (Å²) in [6.07, 6.45) is 7.79. The molecule has 96 valence electrons. The molecule has 0 aromatic rings. The Morgan fingerprint density at radius 1 is 1.00 bits per heavy atom. The highest BCUT2D eigenvalue weighted by molar-refractivity contribution is 6.34.